The van der Waals surface area contributed by atoms with E-state index >= 15 is 0 Å². The van der Waals surface area contributed by atoms with E-state index in [-0.39, 0.29) is 18.0 Å². The molecule has 0 atom stereocenters. The fourth-order valence-electron chi connectivity index (χ4n) is 3.46. The van der Waals surface area contributed by atoms with E-state index in [0.717, 1.165) is 16.9 Å². The van der Waals surface area contributed by atoms with Crippen LogP contribution in [0.4, 0.5) is 0 Å². The van der Waals surface area contributed by atoms with Crippen molar-refractivity contribution in [3.8, 4) is 11.5 Å². The SMILES string of the molecule is COc1cc(COC(=O)c2cc3c(=O)n(Cc4ccccc4)c(=O)n(C)c3s2)cc(OC)c1. The number of hydrogen-bond donors (Lipinski definition) is 0. The fraction of sp³-hybridized carbons (Fsp3) is 0.208. The lowest BCUT2D eigenvalue weighted by Crippen LogP contribution is -2.38. The van der Waals surface area contributed by atoms with Gasteiger partial charge in [0.2, 0.25) is 0 Å². The van der Waals surface area contributed by atoms with E-state index in [0.29, 0.717) is 27.3 Å². The summed E-state index contributed by atoms with van der Waals surface area (Å²) in [5, 5.41) is 0.299. The van der Waals surface area contributed by atoms with E-state index in [2.05, 4.69) is 0 Å². The van der Waals surface area contributed by atoms with Crippen molar-refractivity contribution < 1.29 is 19.0 Å². The van der Waals surface area contributed by atoms with Gasteiger partial charge in [-0.3, -0.25) is 13.9 Å². The van der Waals surface area contributed by atoms with Crippen molar-refractivity contribution in [3.05, 3.63) is 91.4 Å². The zero-order valence-electron chi connectivity index (χ0n) is 18.4. The molecule has 2 heterocycles. The van der Waals surface area contributed by atoms with Gasteiger partial charge in [-0.15, -0.1) is 11.3 Å². The first-order valence-electron chi connectivity index (χ1n) is 10.1. The van der Waals surface area contributed by atoms with Gasteiger partial charge in [0, 0.05) is 13.1 Å². The molecular weight excluding hydrogens is 444 g/mol. The summed E-state index contributed by atoms with van der Waals surface area (Å²) in [4.78, 5) is 39.2. The molecule has 0 spiro atoms. The number of fused-ring (bicyclic) bond motifs is 1. The number of rotatable bonds is 7. The standard InChI is InChI=1S/C24H22N2O6S/c1-25-22-19(21(27)26(24(25)29)13-15-7-5-4-6-8-15)12-20(33-22)23(28)32-14-16-9-17(30-2)11-18(10-16)31-3/h4-12H,13-14H2,1-3H3. The summed E-state index contributed by atoms with van der Waals surface area (Å²) in [6.07, 6.45) is 0. The average molecular weight is 467 g/mol. The van der Waals surface area contributed by atoms with E-state index in [9.17, 15) is 14.4 Å². The van der Waals surface area contributed by atoms with Gasteiger partial charge < -0.3 is 14.2 Å². The van der Waals surface area contributed by atoms with Crippen LogP contribution in [-0.2, 0) is 24.9 Å². The summed E-state index contributed by atoms with van der Waals surface area (Å²) in [5.74, 6) is 0.576. The first-order chi connectivity index (χ1) is 15.9. The lowest BCUT2D eigenvalue weighted by molar-refractivity contribution is 0.0478. The molecule has 2 aromatic heterocycles. The van der Waals surface area contributed by atoms with Crippen molar-refractivity contribution in [2.75, 3.05) is 14.2 Å². The van der Waals surface area contributed by atoms with Gasteiger partial charge in [0.25, 0.3) is 5.56 Å². The Balaban J connectivity index is 1.62. The summed E-state index contributed by atoms with van der Waals surface area (Å²) in [6, 6.07) is 15.9. The fourth-order valence-corrected chi connectivity index (χ4v) is 4.46. The zero-order chi connectivity index (χ0) is 23.5. The van der Waals surface area contributed by atoms with Crippen LogP contribution in [0.25, 0.3) is 10.2 Å². The molecule has 0 N–H and O–H groups in total. The quantitative estimate of drug-likeness (QED) is 0.389. The molecule has 0 bridgehead atoms. The van der Waals surface area contributed by atoms with Gasteiger partial charge in [-0.1, -0.05) is 30.3 Å². The highest BCUT2D eigenvalue weighted by molar-refractivity contribution is 7.20. The first kappa shape index (κ1) is 22.3. The third-order valence-electron chi connectivity index (χ3n) is 5.18. The molecule has 9 heteroatoms. The predicted octanol–water partition coefficient (Wildman–Crippen LogP) is 3.18. The molecule has 0 unspecified atom stereocenters. The molecule has 0 saturated heterocycles. The molecule has 2 aromatic carbocycles. The maximum atomic E-state index is 13.0. The highest BCUT2D eigenvalue weighted by Gasteiger charge is 2.19. The summed E-state index contributed by atoms with van der Waals surface area (Å²) in [6.45, 7) is 0.146. The lowest BCUT2D eigenvalue weighted by Gasteiger charge is -2.08. The summed E-state index contributed by atoms with van der Waals surface area (Å²) >= 11 is 1.05. The highest BCUT2D eigenvalue weighted by atomic mass is 32.1. The van der Waals surface area contributed by atoms with E-state index in [1.165, 1.54) is 29.4 Å². The Morgan fingerprint density at radius 2 is 1.61 bits per heavy atom. The van der Waals surface area contributed by atoms with Crippen LogP contribution in [0.1, 0.15) is 20.8 Å². The minimum absolute atomic E-state index is 0.00217. The van der Waals surface area contributed by atoms with Crippen LogP contribution >= 0.6 is 11.3 Å². The van der Waals surface area contributed by atoms with Crippen molar-refractivity contribution >= 4 is 27.5 Å². The first-order valence-corrected chi connectivity index (χ1v) is 10.9. The van der Waals surface area contributed by atoms with Gasteiger partial charge >= 0.3 is 11.7 Å². The minimum atomic E-state index is -0.584. The van der Waals surface area contributed by atoms with Crippen LogP contribution in [-0.4, -0.2) is 29.3 Å². The van der Waals surface area contributed by atoms with E-state index < -0.39 is 17.2 Å². The Kier molecular flexibility index (Phi) is 6.32. The molecule has 170 valence electrons. The lowest BCUT2D eigenvalue weighted by atomic mass is 10.2. The van der Waals surface area contributed by atoms with Crippen molar-refractivity contribution in [3.63, 3.8) is 0 Å². The minimum Gasteiger partial charge on any atom is -0.497 e. The molecule has 0 radical (unpaired) electrons. The Morgan fingerprint density at radius 1 is 0.939 bits per heavy atom. The smallest absolute Gasteiger partial charge is 0.348 e. The van der Waals surface area contributed by atoms with Crippen molar-refractivity contribution in [1.29, 1.82) is 0 Å². The van der Waals surface area contributed by atoms with Crippen LogP contribution in [0.3, 0.4) is 0 Å². The monoisotopic (exact) mass is 466 g/mol. The number of nitrogens with zero attached hydrogens (tertiary/aromatic N) is 2. The van der Waals surface area contributed by atoms with Crippen LogP contribution < -0.4 is 20.7 Å². The van der Waals surface area contributed by atoms with Crippen LogP contribution in [0.15, 0.2) is 64.2 Å². The molecular formula is C24H22N2O6S. The predicted molar refractivity (Wildman–Crippen MR) is 126 cm³/mol. The normalized spacial score (nSPS) is 10.9. The number of thiophene rings is 1. The zero-order valence-corrected chi connectivity index (χ0v) is 19.2. The Labute approximate surface area is 193 Å². The number of carbonyl (C=O) groups excluding carboxylic acids is 1. The molecule has 0 saturated carbocycles. The van der Waals surface area contributed by atoms with Gasteiger partial charge in [0.05, 0.1) is 26.2 Å². The summed E-state index contributed by atoms with van der Waals surface area (Å²) in [7, 11) is 4.66. The molecule has 0 aliphatic heterocycles. The van der Waals surface area contributed by atoms with Crippen LogP contribution in [0.5, 0.6) is 11.5 Å². The second-order valence-corrected chi connectivity index (χ2v) is 8.38. The van der Waals surface area contributed by atoms with Gasteiger partial charge in [0.15, 0.2) is 0 Å². The molecule has 4 aromatic rings. The highest BCUT2D eigenvalue weighted by Crippen LogP contribution is 2.25. The van der Waals surface area contributed by atoms with Crippen molar-refractivity contribution in [2.24, 2.45) is 7.05 Å². The summed E-state index contributed by atoms with van der Waals surface area (Å²) in [5.41, 5.74) is 0.643. The average Bonchev–Trinajstić information content (AvgIpc) is 3.30. The Morgan fingerprint density at radius 3 is 2.24 bits per heavy atom. The third kappa shape index (κ3) is 4.54. The second-order valence-electron chi connectivity index (χ2n) is 7.35. The third-order valence-corrected chi connectivity index (χ3v) is 6.37. The second kappa shape index (κ2) is 9.33. The maximum Gasteiger partial charge on any atom is 0.348 e. The van der Waals surface area contributed by atoms with E-state index in [4.69, 9.17) is 14.2 Å². The number of esters is 1. The number of benzene rings is 2. The molecule has 0 aliphatic carbocycles. The molecule has 33 heavy (non-hydrogen) atoms. The molecule has 0 amide bonds. The largest absolute Gasteiger partial charge is 0.497 e. The maximum absolute atomic E-state index is 13.0. The molecule has 8 nitrogen and oxygen atoms in total. The number of methoxy groups -OCH3 is 2. The van der Waals surface area contributed by atoms with Crippen molar-refractivity contribution in [1.82, 2.24) is 9.13 Å². The van der Waals surface area contributed by atoms with Gasteiger partial charge in [0.1, 0.15) is 27.8 Å². The van der Waals surface area contributed by atoms with Gasteiger partial charge in [-0.25, -0.2) is 9.59 Å². The van der Waals surface area contributed by atoms with E-state index in [1.54, 1.807) is 25.2 Å². The number of aromatic nitrogens is 2. The molecule has 4 rings (SSSR count). The molecule has 0 aliphatic rings. The topological polar surface area (TPSA) is 88.8 Å². The van der Waals surface area contributed by atoms with E-state index in [1.807, 2.05) is 30.3 Å². The van der Waals surface area contributed by atoms with Crippen molar-refractivity contribution in [2.45, 2.75) is 13.2 Å². The van der Waals surface area contributed by atoms with Crippen LogP contribution in [0.2, 0.25) is 0 Å². The number of ether oxygens (including phenoxy) is 3. The number of hydrogen-bond acceptors (Lipinski definition) is 7. The Bertz CT molecular complexity index is 1410. The number of aryl methyl sites for hydroxylation is 1. The molecule has 0 fully saturated rings. The van der Waals surface area contributed by atoms with Gasteiger partial charge in [-0.2, -0.15) is 0 Å². The Hall–Kier alpha value is -3.85. The summed E-state index contributed by atoms with van der Waals surface area (Å²) < 4.78 is 18.5. The van der Waals surface area contributed by atoms with Crippen LogP contribution in [0, 0.1) is 0 Å². The number of carbonyl (C=O) groups is 1. The van der Waals surface area contributed by atoms with Gasteiger partial charge in [-0.05, 0) is 29.3 Å².